The molecular formula is C25H34FN7O3. The molecule has 36 heavy (non-hydrogen) atoms. The summed E-state index contributed by atoms with van der Waals surface area (Å²) in [6.45, 7) is 4.14. The summed E-state index contributed by atoms with van der Waals surface area (Å²) in [6, 6.07) is -0.272. The van der Waals surface area contributed by atoms with E-state index in [-0.39, 0.29) is 25.0 Å². The average Bonchev–Trinajstić information content (AvgIpc) is 3.15. The van der Waals surface area contributed by atoms with E-state index in [1.807, 2.05) is 13.1 Å². The molecule has 1 atom stereocenters. The van der Waals surface area contributed by atoms with Crippen LogP contribution in [-0.2, 0) is 4.74 Å². The normalized spacial score (nSPS) is 22.5. The fourth-order valence-corrected chi connectivity index (χ4v) is 5.50. The second-order valence-electron chi connectivity index (χ2n) is 9.83. The second-order valence-corrected chi connectivity index (χ2v) is 9.83. The molecule has 0 spiro atoms. The van der Waals surface area contributed by atoms with E-state index in [2.05, 4.69) is 21.3 Å². The van der Waals surface area contributed by atoms with Crippen molar-refractivity contribution in [3.8, 4) is 5.88 Å². The van der Waals surface area contributed by atoms with Crippen LogP contribution in [0.1, 0.15) is 41.7 Å². The van der Waals surface area contributed by atoms with E-state index in [0.717, 1.165) is 35.4 Å². The first kappa shape index (κ1) is 24.4. The van der Waals surface area contributed by atoms with Gasteiger partial charge in [-0.05, 0) is 31.8 Å². The van der Waals surface area contributed by atoms with E-state index < -0.39 is 6.17 Å². The number of methoxy groups -OCH3 is 1. The highest BCUT2D eigenvalue weighted by molar-refractivity contribution is 6.02. The van der Waals surface area contributed by atoms with Gasteiger partial charge in [0.1, 0.15) is 6.17 Å². The van der Waals surface area contributed by atoms with Crippen LogP contribution in [-0.4, -0.2) is 74.0 Å². The third kappa shape index (κ3) is 4.16. The molecule has 4 aliphatic heterocycles. The molecule has 0 radical (unpaired) electrons. The highest BCUT2D eigenvalue weighted by atomic mass is 19.1. The molecule has 1 amide bonds. The van der Waals surface area contributed by atoms with Gasteiger partial charge in [0.25, 0.3) is 5.91 Å². The number of likely N-dealkylation sites (tertiary alicyclic amines) is 1. The Labute approximate surface area is 210 Å². The van der Waals surface area contributed by atoms with E-state index in [1.54, 1.807) is 20.4 Å². The Hall–Kier alpha value is -3.31. The van der Waals surface area contributed by atoms with Gasteiger partial charge in [-0.25, -0.2) is 15.2 Å². The van der Waals surface area contributed by atoms with Crippen molar-refractivity contribution >= 4 is 11.6 Å². The molecule has 2 fully saturated rings. The lowest BCUT2D eigenvalue weighted by molar-refractivity contribution is 0.0400. The smallest absolute Gasteiger partial charge is 0.257 e. The van der Waals surface area contributed by atoms with Crippen LogP contribution in [0.3, 0.4) is 0 Å². The highest BCUT2D eigenvalue weighted by Crippen LogP contribution is 2.50. The number of rotatable bonds is 6. The number of aromatic nitrogens is 1. The SMILES string of the molecule is COc1ncc(C(=O)N2CC(F)C2)c2c1C1NC=C(/C(=C(\C)N)N(C)N)C=C1N2CC1CCOCC1. The molecule has 1 unspecified atom stereocenters. The van der Waals surface area contributed by atoms with Crippen molar-refractivity contribution in [1.82, 2.24) is 20.2 Å². The molecule has 4 aliphatic rings. The van der Waals surface area contributed by atoms with Gasteiger partial charge in [-0.15, -0.1) is 0 Å². The lowest BCUT2D eigenvalue weighted by atomic mass is 9.98. The zero-order chi connectivity index (χ0) is 25.6. The number of hydrogen-bond donors (Lipinski definition) is 3. The molecule has 1 aromatic heterocycles. The number of nitrogens with two attached hydrogens (primary N) is 2. The minimum atomic E-state index is -0.983. The largest absolute Gasteiger partial charge is 0.481 e. The number of ether oxygens (including phenoxy) is 2. The quantitative estimate of drug-likeness (QED) is 0.395. The lowest BCUT2D eigenvalue weighted by Gasteiger charge is -2.36. The van der Waals surface area contributed by atoms with Crippen LogP contribution >= 0.6 is 0 Å². The predicted octanol–water partition coefficient (Wildman–Crippen LogP) is 1.54. The van der Waals surface area contributed by atoms with Gasteiger partial charge < -0.3 is 35.3 Å². The number of likely N-dealkylation sites (N-methyl/N-ethyl adjacent to an activating group) is 1. The fraction of sp³-hybridized carbons (Fsp3) is 0.520. The number of hydrogen-bond acceptors (Lipinski definition) is 9. The van der Waals surface area contributed by atoms with Crippen LogP contribution in [0.15, 0.2) is 41.1 Å². The molecule has 10 nitrogen and oxygen atoms in total. The number of hydrazine groups is 1. The Balaban J connectivity index is 1.62. The second kappa shape index (κ2) is 9.62. The van der Waals surface area contributed by atoms with Gasteiger partial charge in [0, 0.05) is 56.2 Å². The van der Waals surface area contributed by atoms with Crippen molar-refractivity contribution in [1.29, 1.82) is 0 Å². The molecule has 194 valence electrons. The van der Waals surface area contributed by atoms with E-state index in [0.29, 0.717) is 48.5 Å². The first-order chi connectivity index (χ1) is 17.3. The number of fused-ring (bicyclic) bond motifs is 3. The highest BCUT2D eigenvalue weighted by Gasteiger charge is 2.44. The van der Waals surface area contributed by atoms with Gasteiger partial charge in [-0.3, -0.25) is 4.79 Å². The van der Waals surface area contributed by atoms with Crippen molar-refractivity contribution in [2.45, 2.75) is 32.0 Å². The maximum atomic E-state index is 13.6. The average molecular weight is 500 g/mol. The van der Waals surface area contributed by atoms with Crippen LogP contribution in [0.4, 0.5) is 10.1 Å². The van der Waals surface area contributed by atoms with Crippen LogP contribution in [0.25, 0.3) is 0 Å². The molecular weight excluding hydrogens is 465 g/mol. The van der Waals surface area contributed by atoms with Crippen molar-refractivity contribution in [2.24, 2.45) is 17.5 Å². The molecule has 0 bridgehead atoms. The van der Waals surface area contributed by atoms with Crippen molar-refractivity contribution in [3.63, 3.8) is 0 Å². The number of pyridine rings is 1. The first-order valence-electron chi connectivity index (χ1n) is 12.3. The number of dihydropyridines is 1. The summed E-state index contributed by atoms with van der Waals surface area (Å²) in [4.78, 5) is 21.7. The third-order valence-electron chi connectivity index (χ3n) is 7.26. The fourth-order valence-electron chi connectivity index (χ4n) is 5.50. The number of allylic oxidation sites excluding steroid dienone is 2. The maximum absolute atomic E-state index is 13.6. The Morgan fingerprint density at radius 1 is 1.36 bits per heavy atom. The van der Waals surface area contributed by atoms with Gasteiger partial charge in [0.15, 0.2) is 0 Å². The molecule has 2 saturated heterocycles. The van der Waals surface area contributed by atoms with E-state index in [9.17, 15) is 9.18 Å². The summed E-state index contributed by atoms with van der Waals surface area (Å²) < 4.78 is 24.8. The first-order valence-corrected chi connectivity index (χ1v) is 12.3. The minimum absolute atomic E-state index is 0.0996. The Morgan fingerprint density at radius 2 is 2.08 bits per heavy atom. The summed E-state index contributed by atoms with van der Waals surface area (Å²) in [6.07, 6.45) is 6.37. The molecule has 0 saturated carbocycles. The molecule has 1 aromatic rings. The lowest BCUT2D eigenvalue weighted by Crippen LogP contribution is -2.51. The van der Waals surface area contributed by atoms with Crippen molar-refractivity contribution < 1.29 is 18.7 Å². The van der Waals surface area contributed by atoms with E-state index in [4.69, 9.17) is 21.1 Å². The molecule has 5 rings (SSSR count). The number of carbonyl (C=O) groups is 1. The standard InChI is InChI=1S/C25H34FN7O3/c1-14(27)22(31(2)28)16-8-19-21(29-9-16)20-23(33(19)11-15-4-6-36-7-5-15)18(10-30-24(20)35-3)25(34)32-12-17(26)13-32/h8-10,15,17,21,29H,4-7,11-13,27-28H2,1-3H3/b22-14-. The van der Waals surface area contributed by atoms with Crippen molar-refractivity contribution in [3.05, 3.63) is 52.3 Å². The van der Waals surface area contributed by atoms with Gasteiger partial charge >= 0.3 is 0 Å². The Morgan fingerprint density at radius 3 is 2.69 bits per heavy atom. The number of alkyl halides is 1. The van der Waals surface area contributed by atoms with Crippen LogP contribution in [0, 0.1) is 5.92 Å². The Bertz CT molecular complexity index is 1130. The summed E-state index contributed by atoms with van der Waals surface area (Å²) in [5.41, 5.74) is 11.3. The van der Waals surface area contributed by atoms with E-state index in [1.165, 1.54) is 9.91 Å². The zero-order valence-electron chi connectivity index (χ0n) is 21.0. The zero-order valence-corrected chi connectivity index (χ0v) is 21.0. The summed E-state index contributed by atoms with van der Waals surface area (Å²) >= 11 is 0. The molecule has 0 aliphatic carbocycles. The van der Waals surface area contributed by atoms with Gasteiger partial charge in [0.2, 0.25) is 5.88 Å². The maximum Gasteiger partial charge on any atom is 0.257 e. The van der Waals surface area contributed by atoms with Crippen LogP contribution in [0.2, 0.25) is 0 Å². The number of halogens is 1. The van der Waals surface area contributed by atoms with Gasteiger partial charge in [-0.2, -0.15) is 0 Å². The van der Waals surface area contributed by atoms with Crippen LogP contribution < -0.4 is 26.5 Å². The summed E-state index contributed by atoms with van der Waals surface area (Å²) in [5, 5.41) is 4.98. The molecule has 11 heteroatoms. The Kier molecular flexibility index (Phi) is 6.52. The monoisotopic (exact) mass is 499 g/mol. The minimum Gasteiger partial charge on any atom is -0.481 e. The van der Waals surface area contributed by atoms with E-state index >= 15 is 0 Å². The van der Waals surface area contributed by atoms with Gasteiger partial charge in [-0.1, -0.05) is 0 Å². The number of carbonyl (C=O) groups excluding carboxylic acids is 1. The predicted molar refractivity (Wildman–Crippen MR) is 133 cm³/mol. The molecule has 5 N–H and O–H groups in total. The summed E-state index contributed by atoms with van der Waals surface area (Å²) in [7, 11) is 3.32. The molecule has 0 aromatic carbocycles. The number of anilines is 1. The van der Waals surface area contributed by atoms with Gasteiger partial charge in [0.05, 0.1) is 48.8 Å². The van der Waals surface area contributed by atoms with Crippen molar-refractivity contribution in [2.75, 3.05) is 51.9 Å². The molecule has 5 heterocycles. The number of nitrogens with zero attached hydrogens (tertiary/aromatic N) is 4. The van der Waals surface area contributed by atoms with Crippen LogP contribution in [0.5, 0.6) is 5.88 Å². The third-order valence-corrected chi connectivity index (χ3v) is 7.26. The number of nitrogens with one attached hydrogen (secondary N) is 1. The topological polar surface area (TPSA) is 122 Å². The summed E-state index contributed by atoms with van der Waals surface area (Å²) in [5.74, 6) is 6.72. The number of amides is 1.